The van der Waals surface area contributed by atoms with Crippen LogP contribution in [0.15, 0.2) is 41.8 Å². The van der Waals surface area contributed by atoms with Crippen LogP contribution in [0.1, 0.15) is 41.4 Å². The molecule has 1 N–H and O–H groups in total. The molecule has 0 bridgehead atoms. The number of para-hydroxylation sites is 1. The highest BCUT2D eigenvalue weighted by atomic mass is 32.1. The molecule has 0 aliphatic carbocycles. The highest BCUT2D eigenvalue weighted by Gasteiger charge is 2.28. The summed E-state index contributed by atoms with van der Waals surface area (Å²) < 4.78 is 0. The average Bonchev–Trinajstić information content (AvgIpc) is 3.18. The summed E-state index contributed by atoms with van der Waals surface area (Å²) in [4.78, 5) is 7.73. The summed E-state index contributed by atoms with van der Waals surface area (Å²) >= 11 is 1.88. The molecule has 1 aliphatic rings. The van der Waals surface area contributed by atoms with Crippen LogP contribution >= 0.6 is 11.3 Å². The summed E-state index contributed by atoms with van der Waals surface area (Å²) in [5, 5.41) is 3.58. The first-order valence-electron chi connectivity index (χ1n) is 8.19. The highest BCUT2D eigenvalue weighted by molar-refractivity contribution is 7.10. The molecule has 0 amide bonds. The van der Waals surface area contributed by atoms with Crippen LogP contribution in [0.3, 0.4) is 0 Å². The number of nitrogens with zero attached hydrogens (tertiary/aromatic N) is 1. The normalized spacial score (nSPS) is 17.9. The fourth-order valence-electron chi connectivity index (χ4n) is 3.78. The van der Waals surface area contributed by atoms with E-state index in [0.29, 0.717) is 6.04 Å². The topological polar surface area (TPSA) is 19.0 Å². The number of nitrogens with one attached hydrogen (secondary N) is 1. The predicted octanol–water partition coefficient (Wildman–Crippen LogP) is 5.11. The fourth-order valence-corrected chi connectivity index (χ4v) is 4.65. The Morgan fingerprint density at radius 3 is 2.64 bits per heavy atom. The minimum absolute atomic E-state index is 0.399. The van der Waals surface area contributed by atoms with E-state index in [1.54, 1.807) is 0 Å². The molecule has 3 heterocycles. The fraction of sp³-hybridized carbons (Fsp3) is 0.368. The number of fused-ring (bicyclic) bond motifs is 1. The van der Waals surface area contributed by atoms with E-state index < -0.39 is 0 Å². The van der Waals surface area contributed by atoms with Crippen molar-refractivity contribution in [1.82, 2.24) is 9.88 Å². The molecule has 22 heavy (non-hydrogen) atoms. The lowest BCUT2D eigenvalue weighted by atomic mass is 9.97. The van der Waals surface area contributed by atoms with E-state index in [4.69, 9.17) is 0 Å². The van der Waals surface area contributed by atoms with Crippen LogP contribution in [-0.4, -0.2) is 23.0 Å². The first-order chi connectivity index (χ1) is 10.8. The minimum atomic E-state index is 0.399. The highest BCUT2D eigenvalue weighted by Crippen LogP contribution is 2.39. The van der Waals surface area contributed by atoms with Crippen molar-refractivity contribution in [3.05, 3.63) is 57.9 Å². The quantitative estimate of drug-likeness (QED) is 0.712. The number of aryl methyl sites for hydroxylation is 1. The van der Waals surface area contributed by atoms with Crippen molar-refractivity contribution in [2.75, 3.05) is 13.1 Å². The summed E-state index contributed by atoms with van der Waals surface area (Å²) in [5.41, 5.74) is 4.04. The molecule has 1 aromatic carbocycles. The van der Waals surface area contributed by atoms with Crippen LogP contribution in [0.5, 0.6) is 0 Å². The average molecular weight is 310 g/mol. The van der Waals surface area contributed by atoms with E-state index >= 15 is 0 Å². The molecule has 1 fully saturated rings. The zero-order chi connectivity index (χ0) is 14.9. The zero-order valence-corrected chi connectivity index (χ0v) is 13.8. The number of piperidine rings is 1. The molecular weight excluding hydrogens is 288 g/mol. The van der Waals surface area contributed by atoms with E-state index in [2.05, 4.69) is 58.6 Å². The van der Waals surface area contributed by atoms with Crippen LogP contribution < -0.4 is 0 Å². The molecule has 3 heteroatoms. The molecule has 1 unspecified atom stereocenters. The summed E-state index contributed by atoms with van der Waals surface area (Å²) in [6.07, 6.45) is 4.02. The van der Waals surface area contributed by atoms with Crippen LogP contribution in [-0.2, 0) is 0 Å². The molecule has 114 valence electrons. The smallest absolute Gasteiger partial charge is 0.0719 e. The third-order valence-electron chi connectivity index (χ3n) is 4.79. The van der Waals surface area contributed by atoms with Gasteiger partial charge in [0.1, 0.15) is 0 Å². The predicted molar refractivity (Wildman–Crippen MR) is 94.6 cm³/mol. The SMILES string of the molecule is Cc1[nH]c2ccccc2c1C(c1cccs1)N1CCCCC1. The molecule has 1 saturated heterocycles. The molecule has 0 saturated carbocycles. The van der Waals surface area contributed by atoms with Crippen LogP contribution in [0, 0.1) is 6.92 Å². The Bertz CT molecular complexity index is 751. The van der Waals surface area contributed by atoms with Gasteiger partial charge in [-0.2, -0.15) is 0 Å². The van der Waals surface area contributed by atoms with Crippen molar-refractivity contribution in [2.45, 2.75) is 32.2 Å². The first kappa shape index (κ1) is 14.0. The van der Waals surface area contributed by atoms with Crippen LogP contribution in [0.25, 0.3) is 10.9 Å². The number of rotatable bonds is 3. The van der Waals surface area contributed by atoms with Crippen LogP contribution in [0.4, 0.5) is 0 Å². The van der Waals surface area contributed by atoms with Gasteiger partial charge in [-0.1, -0.05) is 30.7 Å². The molecule has 2 aromatic heterocycles. The number of H-pyrrole nitrogens is 1. The van der Waals surface area contributed by atoms with Crippen molar-refractivity contribution < 1.29 is 0 Å². The molecule has 4 rings (SSSR count). The van der Waals surface area contributed by atoms with Gasteiger partial charge in [-0.15, -0.1) is 11.3 Å². The van der Waals surface area contributed by atoms with Gasteiger partial charge < -0.3 is 4.98 Å². The van der Waals surface area contributed by atoms with Crippen molar-refractivity contribution >= 4 is 22.2 Å². The summed E-state index contributed by atoms with van der Waals surface area (Å²) in [6, 6.07) is 13.6. The molecule has 3 aromatic rings. The lowest BCUT2D eigenvalue weighted by molar-refractivity contribution is 0.190. The van der Waals surface area contributed by atoms with Crippen molar-refractivity contribution in [3.63, 3.8) is 0 Å². The maximum atomic E-state index is 3.59. The van der Waals surface area contributed by atoms with Gasteiger partial charge >= 0.3 is 0 Å². The van der Waals surface area contributed by atoms with E-state index in [1.165, 1.54) is 59.4 Å². The van der Waals surface area contributed by atoms with E-state index in [9.17, 15) is 0 Å². The summed E-state index contributed by atoms with van der Waals surface area (Å²) in [6.45, 7) is 4.64. The second-order valence-electron chi connectivity index (χ2n) is 6.22. The lowest BCUT2D eigenvalue weighted by Gasteiger charge is -2.34. The molecule has 1 aliphatic heterocycles. The number of aromatic nitrogens is 1. The number of hydrogen-bond donors (Lipinski definition) is 1. The monoisotopic (exact) mass is 310 g/mol. The molecule has 1 atom stereocenters. The van der Waals surface area contributed by atoms with Crippen LogP contribution in [0.2, 0.25) is 0 Å². The van der Waals surface area contributed by atoms with Gasteiger partial charge in [-0.25, -0.2) is 0 Å². The Kier molecular flexibility index (Phi) is 3.77. The third kappa shape index (κ3) is 2.38. The Balaban J connectivity index is 1.87. The van der Waals surface area contributed by atoms with Gasteiger partial charge in [0, 0.05) is 27.0 Å². The minimum Gasteiger partial charge on any atom is -0.358 e. The molecule has 0 radical (unpaired) electrons. The Hall–Kier alpha value is -1.58. The summed E-state index contributed by atoms with van der Waals surface area (Å²) in [7, 11) is 0. The number of aromatic amines is 1. The van der Waals surface area contributed by atoms with E-state index in [1.807, 2.05) is 11.3 Å². The molecule has 2 nitrogen and oxygen atoms in total. The maximum Gasteiger partial charge on any atom is 0.0719 e. The Morgan fingerprint density at radius 1 is 1.05 bits per heavy atom. The van der Waals surface area contributed by atoms with Gasteiger partial charge in [0.25, 0.3) is 0 Å². The van der Waals surface area contributed by atoms with Crippen molar-refractivity contribution in [1.29, 1.82) is 0 Å². The van der Waals surface area contributed by atoms with Gasteiger partial charge in [-0.3, -0.25) is 4.90 Å². The standard InChI is InChI=1S/C19H22N2S/c1-14-18(15-8-3-4-9-16(15)20-14)19(17-10-7-13-22-17)21-11-5-2-6-12-21/h3-4,7-10,13,19-20H,2,5-6,11-12H2,1H3. The molecule has 0 spiro atoms. The number of likely N-dealkylation sites (tertiary alicyclic amines) is 1. The third-order valence-corrected chi connectivity index (χ3v) is 5.71. The second kappa shape index (κ2) is 5.90. The number of hydrogen-bond acceptors (Lipinski definition) is 2. The number of thiophene rings is 1. The lowest BCUT2D eigenvalue weighted by Crippen LogP contribution is -2.34. The Labute approximate surface area is 135 Å². The number of benzene rings is 1. The van der Waals surface area contributed by atoms with Crippen molar-refractivity contribution in [2.24, 2.45) is 0 Å². The maximum absolute atomic E-state index is 3.59. The second-order valence-corrected chi connectivity index (χ2v) is 7.20. The zero-order valence-electron chi connectivity index (χ0n) is 13.0. The molecular formula is C19H22N2S. The van der Waals surface area contributed by atoms with Crippen molar-refractivity contribution in [3.8, 4) is 0 Å². The van der Waals surface area contributed by atoms with E-state index in [-0.39, 0.29) is 0 Å². The van der Waals surface area contributed by atoms with Gasteiger partial charge in [0.15, 0.2) is 0 Å². The van der Waals surface area contributed by atoms with Gasteiger partial charge in [0.05, 0.1) is 6.04 Å². The van der Waals surface area contributed by atoms with Gasteiger partial charge in [-0.05, 0) is 50.4 Å². The van der Waals surface area contributed by atoms with E-state index in [0.717, 1.165) is 0 Å². The largest absolute Gasteiger partial charge is 0.358 e. The van der Waals surface area contributed by atoms with Gasteiger partial charge in [0.2, 0.25) is 0 Å². The Morgan fingerprint density at radius 2 is 1.86 bits per heavy atom. The summed E-state index contributed by atoms with van der Waals surface area (Å²) in [5.74, 6) is 0. The first-order valence-corrected chi connectivity index (χ1v) is 9.07.